The molecule has 7 nitrogen and oxygen atoms in total. The van der Waals surface area contributed by atoms with Gasteiger partial charge in [0.2, 0.25) is 0 Å². The molecule has 7 heteroatoms. The molecule has 5 rings (SSSR count). The molecule has 0 spiro atoms. The van der Waals surface area contributed by atoms with Gasteiger partial charge >= 0.3 is 0 Å². The number of anilines is 2. The molecule has 1 aliphatic heterocycles. The highest BCUT2D eigenvalue weighted by atomic mass is 15.2. The third-order valence-electron chi connectivity index (χ3n) is 5.24. The van der Waals surface area contributed by atoms with E-state index in [1.807, 2.05) is 24.4 Å². The summed E-state index contributed by atoms with van der Waals surface area (Å²) in [5.74, 6) is 0.779. The number of fused-ring (bicyclic) bond motifs is 1. The van der Waals surface area contributed by atoms with E-state index in [1.54, 1.807) is 12.4 Å². The van der Waals surface area contributed by atoms with Gasteiger partial charge in [-0.25, -0.2) is 4.98 Å². The molecule has 4 aromatic rings. The molecule has 1 saturated heterocycles. The van der Waals surface area contributed by atoms with Gasteiger partial charge in [-0.1, -0.05) is 18.2 Å². The van der Waals surface area contributed by atoms with E-state index in [-0.39, 0.29) is 0 Å². The fourth-order valence-electron chi connectivity index (χ4n) is 3.66. The van der Waals surface area contributed by atoms with Crippen LogP contribution < -0.4 is 15.5 Å². The molecular formula is C22H23N7. The van der Waals surface area contributed by atoms with Crippen molar-refractivity contribution < 1.29 is 0 Å². The summed E-state index contributed by atoms with van der Waals surface area (Å²) in [7, 11) is 0. The van der Waals surface area contributed by atoms with E-state index in [9.17, 15) is 0 Å². The zero-order chi connectivity index (χ0) is 19.5. The Morgan fingerprint density at radius 2 is 1.90 bits per heavy atom. The van der Waals surface area contributed by atoms with Crippen molar-refractivity contribution in [3.63, 3.8) is 0 Å². The van der Waals surface area contributed by atoms with Gasteiger partial charge in [0.05, 0.1) is 23.4 Å². The van der Waals surface area contributed by atoms with Gasteiger partial charge in [0.25, 0.3) is 0 Å². The van der Waals surface area contributed by atoms with Crippen LogP contribution in [0.1, 0.15) is 5.56 Å². The summed E-state index contributed by atoms with van der Waals surface area (Å²) in [6.45, 7) is 4.89. The van der Waals surface area contributed by atoms with Gasteiger partial charge in [0.15, 0.2) is 0 Å². The molecule has 0 unspecified atom stereocenters. The maximum atomic E-state index is 4.71. The normalized spacial score (nSPS) is 14.3. The molecular weight excluding hydrogens is 362 g/mol. The molecule has 1 aliphatic rings. The molecule has 1 fully saturated rings. The summed E-state index contributed by atoms with van der Waals surface area (Å²) < 4.78 is 0. The molecule has 0 amide bonds. The number of hydrogen-bond acceptors (Lipinski definition) is 6. The first-order valence-electron chi connectivity index (χ1n) is 9.90. The van der Waals surface area contributed by atoms with Crippen LogP contribution in [0.4, 0.5) is 11.5 Å². The zero-order valence-corrected chi connectivity index (χ0v) is 16.1. The lowest BCUT2D eigenvalue weighted by Crippen LogP contribution is -2.43. The van der Waals surface area contributed by atoms with Crippen LogP contribution in [0.15, 0.2) is 61.1 Å². The van der Waals surface area contributed by atoms with Crippen molar-refractivity contribution in [2.24, 2.45) is 0 Å². The number of benzene rings is 2. The van der Waals surface area contributed by atoms with Crippen LogP contribution in [0.3, 0.4) is 0 Å². The largest absolute Gasteiger partial charge is 0.369 e. The van der Waals surface area contributed by atoms with Crippen LogP contribution in [-0.2, 0) is 6.54 Å². The van der Waals surface area contributed by atoms with Crippen molar-refractivity contribution in [3.05, 3.63) is 66.6 Å². The lowest BCUT2D eigenvalue weighted by Gasteiger charge is -2.29. The van der Waals surface area contributed by atoms with E-state index in [2.05, 4.69) is 55.0 Å². The average molecular weight is 385 g/mol. The quantitative estimate of drug-likeness (QED) is 0.490. The monoisotopic (exact) mass is 385 g/mol. The van der Waals surface area contributed by atoms with Crippen LogP contribution in [0.25, 0.3) is 22.2 Å². The van der Waals surface area contributed by atoms with Crippen molar-refractivity contribution in [2.75, 3.05) is 36.4 Å². The minimum atomic E-state index is 0.715. The van der Waals surface area contributed by atoms with Gasteiger partial charge in [0.1, 0.15) is 5.82 Å². The predicted octanol–water partition coefficient (Wildman–Crippen LogP) is 3.04. The molecule has 0 radical (unpaired) electrons. The molecule has 2 aromatic heterocycles. The molecule has 29 heavy (non-hydrogen) atoms. The highest BCUT2D eigenvalue weighted by molar-refractivity contribution is 5.81. The Morgan fingerprint density at radius 3 is 2.76 bits per heavy atom. The fraction of sp³-hybridized carbons (Fsp3) is 0.227. The topological polar surface area (TPSA) is 81.8 Å². The molecule has 146 valence electrons. The molecule has 0 aliphatic carbocycles. The van der Waals surface area contributed by atoms with Crippen molar-refractivity contribution in [3.8, 4) is 11.1 Å². The van der Waals surface area contributed by atoms with Crippen LogP contribution in [-0.4, -0.2) is 46.3 Å². The van der Waals surface area contributed by atoms with Gasteiger partial charge < -0.3 is 15.5 Å². The second kappa shape index (κ2) is 7.89. The Labute approximate surface area is 169 Å². The lowest BCUT2D eigenvalue weighted by molar-refractivity contribution is 0.589. The summed E-state index contributed by atoms with van der Waals surface area (Å²) in [6.07, 6.45) is 5.47. The van der Waals surface area contributed by atoms with Gasteiger partial charge in [-0.05, 0) is 35.4 Å². The molecule has 0 bridgehead atoms. The van der Waals surface area contributed by atoms with Crippen LogP contribution in [0.5, 0.6) is 0 Å². The summed E-state index contributed by atoms with van der Waals surface area (Å²) in [5, 5.41) is 13.6. The van der Waals surface area contributed by atoms with Crippen LogP contribution in [0.2, 0.25) is 0 Å². The number of H-pyrrole nitrogens is 1. The van der Waals surface area contributed by atoms with Crippen molar-refractivity contribution in [2.45, 2.75) is 6.54 Å². The molecule has 3 heterocycles. The Hall–Kier alpha value is -3.45. The Bertz CT molecular complexity index is 1100. The molecule has 3 N–H and O–H groups in total. The number of aromatic amines is 1. The van der Waals surface area contributed by atoms with E-state index in [4.69, 9.17) is 4.98 Å². The second-order valence-electron chi connectivity index (χ2n) is 7.21. The number of hydrogen-bond donors (Lipinski definition) is 3. The van der Waals surface area contributed by atoms with Crippen molar-refractivity contribution in [1.82, 2.24) is 25.5 Å². The van der Waals surface area contributed by atoms with Crippen LogP contribution >= 0.6 is 0 Å². The number of nitrogens with zero attached hydrogens (tertiary/aromatic N) is 4. The van der Waals surface area contributed by atoms with E-state index < -0.39 is 0 Å². The van der Waals surface area contributed by atoms with E-state index >= 15 is 0 Å². The van der Waals surface area contributed by atoms with E-state index in [0.717, 1.165) is 54.2 Å². The molecule has 0 saturated carbocycles. The first-order chi connectivity index (χ1) is 14.3. The van der Waals surface area contributed by atoms with Gasteiger partial charge in [-0.2, -0.15) is 5.10 Å². The highest BCUT2D eigenvalue weighted by Gasteiger charge is 2.10. The van der Waals surface area contributed by atoms with E-state index in [1.165, 1.54) is 11.3 Å². The number of nitrogens with one attached hydrogen (secondary N) is 3. The average Bonchev–Trinajstić information content (AvgIpc) is 3.33. The lowest BCUT2D eigenvalue weighted by atomic mass is 10.1. The summed E-state index contributed by atoms with van der Waals surface area (Å²) in [4.78, 5) is 11.7. The summed E-state index contributed by atoms with van der Waals surface area (Å²) in [5.41, 5.74) is 6.37. The van der Waals surface area contributed by atoms with Gasteiger partial charge in [0, 0.05) is 50.2 Å². The third-order valence-corrected chi connectivity index (χ3v) is 5.24. The number of rotatable bonds is 5. The zero-order valence-electron chi connectivity index (χ0n) is 16.1. The number of aromatic nitrogens is 4. The second-order valence-corrected chi connectivity index (χ2v) is 7.21. The molecule has 2 aromatic carbocycles. The highest BCUT2D eigenvalue weighted by Crippen LogP contribution is 2.23. The standard InChI is InChI=1S/C22H23N7/c1-2-16(10-19(3-1)29-8-6-23-7-9-29)12-25-22-15-24-21-11-17(4-5-20(21)28-22)18-13-26-27-14-18/h1-5,10-11,13-15,23H,6-9,12H2,(H,25,28)(H,26,27). The third kappa shape index (κ3) is 3.90. The van der Waals surface area contributed by atoms with Crippen LogP contribution in [0, 0.1) is 0 Å². The maximum Gasteiger partial charge on any atom is 0.145 e. The molecule has 0 atom stereocenters. The SMILES string of the molecule is c1cc(CNc2cnc3cc(-c4cn[nH]c4)ccc3n2)cc(N2CCNCC2)c1. The summed E-state index contributed by atoms with van der Waals surface area (Å²) >= 11 is 0. The minimum Gasteiger partial charge on any atom is -0.369 e. The first kappa shape index (κ1) is 17.6. The predicted molar refractivity (Wildman–Crippen MR) is 116 cm³/mol. The maximum absolute atomic E-state index is 4.71. The number of piperazine rings is 1. The fourth-order valence-corrected chi connectivity index (χ4v) is 3.66. The van der Waals surface area contributed by atoms with Gasteiger partial charge in [-0.3, -0.25) is 10.1 Å². The summed E-state index contributed by atoms with van der Waals surface area (Å²) in [6, 6.07) is 14.8. The van der Waals surface area contributed by atoms with Crippen molar-refractivity contribution in [1.29, 1.82) is 0 Å². The first-order valence-corrected chi connectivity index (χ1v) is 9.90. The van der Waals surface area contributed by atoms with E-state index in [0.29, 0.717) is 6.54 Å². The van der Waals surface area contributed by atoms with Crippen molar-refractivity contribution >= 4 is 22.5 Å². The Morgan fingerprint density at radius 1 is 0.966 bits per heavy atom. The Balaban J connectivity index is 1.30. The minimum absolute atomic E-state index is 0.715. The smallest absolute Gasteiger partial charge is 0.145 e. The Kier molecular flexibility index (Phi) is 4.80. The van der Waals surface area contributed by atoms with Gasteiger partial charge in [-0.15, -0.1) is 0 Å².